The smallest absolute Gasteiger partial charge is 0.262 e. The van der Waals surface area contributed by atoms with Crippen molar-refractivity contribution >= 4 is 17.3 Å². The van der Waals surface area contributed by atoms with Crippen LogP contribution in [-0.2, 0) is 6.54 Å². The van der Waals surface area contributed by atoms with Gasteiger partial charge < -0.3 is 9.64 Å². The van der Waals surface area contributed by atoms with E-state index in [4.69, 9.17) is 4.74 Å². The molecule has 4 nitrogen and oxygen atoms in total. The minimum Gasteiger partial charge on any atom is -0.490 e. The quantitative estimate of drug-likeness (QED) is 0.299. The van der Waals surface area contributed by atoms with E-state index in [1.165, 1.54) is 5.56 Å². The molecule has 1 aliphatic rings. The van der Waals surface area contributed by atoms with Crippen LogP contribution in [0, 0.1) is 0 Å². The van der Waals surface area contributed by atoms with Gasteiger partial charge in [-0.15, -0.1) is 0 Å². The summed E-state index contributed by atoms with van der Waals surface area (Å²) < 4.78 is 5.70. The van der Waals surface area contributed by atoms with E-state index >= 15 is 0 Å². The molecule has 0 aliphatic carbocycles. The molecule has 0 saturated heterocycles. The third kappa shape index (κ3) is 4.18. The molecule has 1 atom stereocenters. The summed E-state index contributed by atoms with van der Waals surface area (Å²) in [5.74, 6) is 0.759. The zero-order valence-corrected chi connectivity index (χ0v) is 18.9. The van der Waals surface area contributed by atoms with Gasteiger partial charge in [0.1, 0.15) is 18.5 Å². The fraction of sp³-hybridized carbons (Fsp3) is 0.100. The van der Waals surface area contributed by atoms with Crippen molar-refractivity contribution < 1.29 is 9.53 Å². The zero-order valence-electron chi connectivity index (χ0n) is 18.9. The number of benzene rings is 4. The van der Waals surface area contributed by atoms with Crippen molar-refractivity contribution in [2.45, 2.75) is 12.7 Å². The van der Waals surface area contributed by atoms with Crippen LogP contribution in [0.4, 0.5) is 11.4 Å². The van der Waals surface area contributed by atoms with E-state index in [1.54, 1.807) is 6.08 Å². The number of carbonyl (C=O) groups is 1. The first-order valence-corrected chi connectivity index (χ1v) is 11.4. The predicted octanol–water partition coefficient (Wildman–Crippen LogP) is 6.62. The molecule has 5 rings (SSSR count). The first kappa shape index (κ1) is 21.5. The average Bonchev–Trinajstić information content (AvgIpc) is 2.90. The summed E-state index contributed by atoms with van der Waals surface area (Å²) in [5.41, 5.74) is 4.67. The highest BCUT2D eigenvalue weighted by Crippen LogP contribution is 2.42. The van der Waals surface area contributed by atoms with Gasteiger partial charge >= 0.3 is 0 Å². The number of para-hydroxylation sites is 2. The third-order valence-corrected chi connectivity index (χ3v) is 5.98. The molecule has 4 heteroatoms. The summed E-state index contributed by atoms with van der Waals surface area (Å²) in [7, 11) is 0. The largest absolute Gasteiger partial charge is 0.490 e. The highest BCUT2D eigenvalue weighted by Gasteiger charge is 2.39. The number of anilines is 2. The topological polar surface area (TPSA) is 32.8 Å². The van der Waals surface area contributed by atoms with Crippen LogP contribution in [0.5, 0.6) is 5.75 Å². The van der Waals surface area contributed by atoms with Gasteiger partial charge in [-0.2, -0.15) is 0 Å². The standard InChI is InChI=1S/C30H26N2O2/c1-2-21-34-26-19-17-24(18-20-26)29-31(22-23-11-5-3-6-12-23)28-16-10-9-15-27(28)30(33)32(29)25-13-7-4-8-14-25/h2-20,29H,1,21-22H2/t29-/m0/s1. The summed E-state index contributed by atoms with van der Waals surface area (Å²) in [6.07, 6.45) is 1.40. The van der Waals surface area contributed by atoms with Gasteiger partial charge in [-0.3, -0.25) is 9.69 Å². The van der Waals surface area contributed by atoms with Gasteiger partial charge in [0.2, 0.25) is 0 Å². The highest BCUT2D eigenvalue weighted by atomic mass is 16.5. The number of rotatable bonds is 7. The predicted molar refractivity (Wildman–Crippen MR) is 137 cm³/mol. The Morgan fingerprint density at radius 2 is 1.44 bits per heavy atom. The number of hydrogen-bond acceptors (Lipinski definition) is 3. The number of amides is 1. The molecule has 0 bridgehead atoms. The Labute approximate surface area is 200 Å². The first-order valence-electron chi connectivity index (χ1n) is 11.4. The van der Waals surface area contributed by atoms with Crippen molar-refractivity contribution in [1.82, 2.24) is 0 Å². The molecule has 0 saturated carbocycles. The number of nitrogens with zero attached hydrogens (tertiary/aromatic N) is 2. The molecule has 1 amide bonds. The van der Waals surface area contributed by atoms with Gasteiger partial charge in [0.25, 0.3) is 5.91 Å². The summed E-state index contributed by atoms with van der Waals surface area (Å²) in [4.78, 5) is 18.1. The van der Waals surface area contributed by atoms with Crippen LogP contribution in [0.2, 0.25) is 0 Å². The lowest BCUT2D eigenvalue weighted by atomic mass is 9.99. The maximum absolute atomic E-state index is 13.9. The van der Waals surface area contributed by atoms with Gasteiger partial charge in [-0.1, -0.05) is 85.5 Å². The molecule has 4 aromatic carbocycles. The Hall–Kier alpha value is -4.31. The van der Waals surface area contributed by atoms with Gasteiger partial charge in [0.15, 0.2) is 0 Å². The van der Waals surface area contributed by atoms with E-state index in [2.05, 4.69) is 23.6 Å². The van der Waals surface area contributed by atoms with E-state index in [0.29, 0.717) is 18.7 Å². The fourth-order valence-electron chi connectivity index (χ4n) is 4.44. The molecular weight excluding hydrogens is 420 g/mol. The number of ether oxygens (including phenoxy) is 1. The van der Waals surface area contributed by atoms with E-state index in [1.807, 2.05) is 102 Å². The van der Waals surface area contributed by atoms with Gasteiger partial charge in [0.05, 0.1) is 11.3 Å². The van der Waals surface area contributed by atoms with Crippen LogP contribution < -0.4 is 14.5 Å². The molecule has 0 unspecified atom stereocenters. The van der Waals surface area contributed by atoms with Gasteiger partial charge in [-0.25, -0.2) is 0 Å². The molecule has 1 heterocycles. The molecule has 34 heavy (non-hydrogen) atoms. The number of fused-ring (bicyclic) bond motifs is 1. The van der Waals surface area contributed by atoms with Crippen LogP contribution >= 0.6 is 0 Å². The summed E-state index contributed by atoms with van der Waals surface area (Å²) in [5, 5.41) is 0. The maximum Gasteiger partial charge on any atom is 0.262 e. The summed E-state index contributed by atoms with van der Waals surface area (Å²) in [6.45, 7) is 4.82. The molecule has 0 radical (unpaired) electrons. The van der Waals surface area contributed by atoms with E-state index in [9.17, 15) is 4.79 Å². The SMILES string of the molecule is C=CCOc1ccc([C@H]2N(Cc3ccccc3)c3ccccc3C(=O)N2c2ccccc2)cc1. The Morgan fingerprint density at radius 3 is 2.15 bits per heavy atom. The summed E-state index contributed by atoms with van der Waals surface area (Å²) in [6, 6.07) is 36.1. The number of hydrogen-bond donors (Lipinski definition) is 0. The average molecular weight is 447 g/mol. The second-order valence-electron chi connectivity index (χ2n) is 8.18. The van der Waals surface area contributed by atoms with Crippen LogP contribution in [0.15, 0.2) is 122 Å². The van der Waals surface area contributed by atoms with Gasteiger partial charge in [-0.05, 0) is 47.5 Å². The maximum atomic E-state index is 13.9. The Balaban J connectivity index is 1.66. The Morgan fingerprint density at radius 1 is 0.794 bits per heavy atom. The molecule has 0 N–H and O–H groups in total. The molecule has 0 spiro atoms. The zero-order chi connectivity index (χ0) is 23.3. The lowest BCUT2D eigenvalue weighted by Crippen LogP contribution is -2.49. The lowest BCUT2D eigenvalue weighted by Gasteiger charge is -2.46. The molecule has 0 aromatic heterocycles. The molecule has 4 aromatic rings. The van der Waals surface area contributed by atoms with E-state index in [-0.39, 0.29) is 12.1 Å². The normalized spacial score (nSPS) is 15.1. The highest BCUT2D eigenvalue weighted by molar-refractivity contribution is 6.12. The van der Waals surface area contributed by atoms with Crippen molar-refractivity contribution in [3.05, 3.63) is 139 Å². The Bertz CT molecular complexity index is 1270. The second-order valence-corrected chi connectivity index (χ2v) is 8.18. The lowest BCUT2D eigenvalue weighted by molar-refractivity contribution is 0.0968. The van der Waals surface area contributed by atoms with Crippen LogP contribution in [0.25, 0.3) is 0 Å². The first-order chi connectivity index (χ1) is 16.8. The van der Waals surface area contributed by atoms with Crippen LogP contribution in [0.3, 0.4) is 0 Å². The third-order valence-electron chi connectivity index (χ3n) is 5.98. The van der Waals surface area contributed by atoms with Crippen molar-refractivity contribution in [3.8, 4) is 5.75 Å². The van der Waals surface area contributed by atoms with Crippen molar-refractivity contribution in [3.63, 3.8) is 0 Å². The van der Waals surface area contributed by atoms with Crippen molar-refractivity contribution in [2.24, 2.45) is 0 Å². The Kier molecular flexibility index (Phi) is 6.13. The monoisotopic (exact) mass is 446 g/mol. The van der Waals surface area contributed by atoms with Crippen molar-refractivity contribution in [2.75, 3.05) is 16.4 Å². The molecule has 1 aliphatic heterocycles. The minimum absolute atomic E-state index is 0.0110. The van der Waals surface area contributed by atoms with E-state index in [0.717, 1.165) is 22.7 Å². The molecular formula is C30H26N2O2. The minimum atomic E-state index is -0.321. The number of carbonyl (C=O) groups excluding carboxylic acids is 1. The molecule has 0 fully saturated rings. The molecule has 168 valence electrons. The van der Waals surface area contributed by atoms with Crippen molar-refractivity contribution in [1.29, 1.82) is 0 Å². The summed E-state index contributed by atoms with van der Waals surface area (Å²) >= 11 is 0. The van der Waals surface area contributed by atoms with Crippen LogP contribution in [-0.4, -0.2) is 12.5 Å². The van der Waals surface area contributed by atoms with E-state index < -0.39 is 0 Å². The second kappa shape index (κ2) is 9.67. The van der Waals surface area contributed by atoms with Crippen LogP contribution in [0.1, 0.15) is 27.7 Å². The van der Waals surface area contributed by atoms with Gasteiger partial charge in [0, 0.05) is 12.2 Å². The fourth-order valence-corrected chi connectivity index (χ4v) is 4.44.